The quantitative estimate of drug-likeness (QED) is 0.419. The summed E-state index contributed by atoms with van der Waals surface area (Å²) >= 11 is -0.913. The number of rotatable bonds is 5. The van der Waals surface area contributed by atoms with Crippen LogP contribution in [0, 0.1) is 0 Å². The van der Waals surface area contributed by atoms with Gasteiger partial charge < -0.3 is 9.47 Å². The van der Waals surface area contributed by atoms with E-state index in [4.69, 9.17) is 4.74 Å². The van der Waals surface area contributed by atoms with Gasteiger partial charge in [0, 0.05) is 12.6 Å². The Morgan fingerprint density at radius 1 is 1.29 bits per heavy atom. The van der Waals surface area contributed by atoms with Crippen LogP contribution in [0.5, 0.6) is 5.75 Å². The minimum atomic E-state index is -4.76. The first-order chi connectivity index (χ1) is 9.87. The molecule has 21 heavy (non-hydrogen) atoms. The largest absolute Gasteiger partial charge is 0.573 e. The highest BCUT2D eigenvalue weighted by Crippen LogP contribution is 2.23. The van der Waals surface area contributed by atoms with E-state index < -0.39 is 33.6 Å². The lowest BCUT2D eigenvalue weighted by Gasteiger charge is -2.09. The van der Waals surface area contributed by atoms with E-state index in [0.29, 0.717) is 5.56 Å². The Morgan fingerprint density at radius 3 is 2.38 bits per heavy atom. The molecule has 0 saturated heterocycles. The van der Waals surface area contributed by atoms with Crippen LogP contribution in [-0.4, -0.2) is 31.7 Å². The third-order valence-electron chi connectivity index (χ3n) is 2.03. The van der Waals surface area contributed by atoms with Crippen LogP contribution in [0.4, 0.5) is 13.2 Å². The molecule has 0 aromatic heterocycles. The molecular weight excluding hydrogens is 404 g/mol. The van der Waals surface area contributed by atoms with Crippen LogP contribution < -0.4 is 4.74 Å². The van der Waals surface area contributed by atoms with E-state index in [0.717, 1.165) is 12.1 Å². The monoisotopic (exact) mass is 416 g/mol. The smallest absolute Gasteiger partial charge is 0.461 e. The average Bonchev–Trinajstić information content (AvgIpc) is 2.39. The number of esters is 1. The summed E-state index contributed by atoms with van der Waals surface area (Å²) in [6.45, 7) is 1.82. The van der Waals surface area contributed by atoms with Crippen LogP contribution in [0.15, 0.2) is 30.6 Å². The highest BCUT2D eigenvalue weighted by Gasteiger charge is 2.31. The molecule has 1 aromatic rings. The van der Waals surface area contributed by atoms with E-state index in [1.807, 2.05) is 0 Å². The Labute approximate surface area is 129 Å². The molecule has 0 aliphatic rings. The molecule has 0 fully saturated rings. The maximum Gasteiger partial charge on any atom is 0.573 e. The number of hydrogen-bond acceptors (Lipinski definition) is 4. The summed E-state index contributed by atoms with van der Waals surface area (Å²) in [7, 11) is 1.57. The van der Waals surface area contributed by atoms with Gasteiger partial charge in [-0.25, -0.2) is 7.94 Å². The summed E-state index contributed by atoms with van der Waals surface area (Å²) in [4.78, 5) is 11.8. The first-order valence-electron chi connectivity index (χ1n) is 5.71. The topological polar surface area (TPSA) is 60.2 Å². The van der Waals surface area contributed by atoms with Crippen molar-refractivity contribution >= 4 is 33.0 Å². The maximum absolute atomic E-state index is 12.1. The van der Waals surface area contributed by atoms with Gasteiger partial charge in [0.25, 0.3) is 0 Å². The predicted octanol–water partition coefficient (Wildman–Crippen LogP) is 3.64. The van der Waals surface area contributed by atoms with Crippen molar-refractivity contribution in [2.75, 3.05) is 13.7 Å². The van der Waals surface area contributed by atoms with Gasteiger partial charge in [-0.2, -0.15) is 3.21 Å². The van der Waals surface area contributed by atoms with Crippen LogP contribution in [0.3, 0.4) is 0 Å². The van der Waals surface area contributed by atoms with Crippen LogP contribution in [-0.2, 0) is 9.53 Å². The zero-order valence-corrected chi connectivity index (χ0v) is 13.3. The van der Waals surface area contributed by atoms with Crippen LogP contribution >= 0.6 is 21.3 Å². The van der Waals surface area contributed by atoms with Gasteiger partial charge in [0.2, 0.25) is 0 Å². The second-order valence-electron chi connectivity index (χ2n) is 3.47. The van der Waals surface area contributed by atoms with Crippen LogP contribution in [0.2, 0.25) is 0 Å². The number of halogens is 4. The molecule has 0 N–H and O–H groups in total. The fourth-order valence-corrected chi connectivity index (χ4v) is 2.20. The molecule has 5 nitrogen and oxygen atoms in total. The zero-order chi connectivity index (χ0) is 15.9. The Balaban J connectivity index is 3.02. The van der Waals surface area contributed by atoms with Gasteiger partial charge in [0.1, 0.15) is 27.1 Å². The number of carbonyl (C=O) groups is 1. The average molecular weight is 416 g/mol. The highest BCUT2D eigenvalue weighted by atomic mass is 127. The Kier molecular flexibility index (Phi) is 6.72. The molecule has 0 unspecified atom stereocenters. The van der Waals surface area contributed by atoms with Gasteiger partial charge in [-0.05, 0) is 31.2 Å². The molecule has 0 spiro atoms. The molecule has 0 aliphatic carbocycles. The van der Waals surface area contributed by atoms with Gasteiger partial charge in [0.15, 0.2) is 5.71 Å². The van der Waals surface area contributed by atoms with E-state index in [1.54, 1.807) is 14.0 Å². The number of nitrogens with zero attached hydrogens (tertiary/aromatic N) is 2. The standard InChI is InChI=1S/C12H12F3IN2O3/c1-3-20-11(19)10(18-16-17-2)8-4-6-9(7-5-8)21-12(13,14)15/h4-7H,3H2,1-2H3/b18-10-. The van der Waals surface area contributed by atoms with Crippen molar-refractivity contribution < 1.29 is 27.4 Å². The van der Waals surface area contributed by atoms with Crippen LogP contribution in [0.1, 0.15) is 12.5 Å². The minimum absolute atomic E-state index is 0.0498. The predicted molar refractivity (Wildman–Crippen MR) is 78.7 cm³/mol. The van der Waals surface area contributed by atoms with Crippen molar-refractivity contribution in [2.45, 2.75) is 13.3 Å². The van der Waals surface area contributed by atoms with Crippen molar-refractivity contribution in [2.24, 2.45) is 6.35 Å². The second-order valence-corrected chi connectivity index (χ2v) is 5.35. The van der Waals surface area contributed by atoms with E-state index in [2.05, 4.69) is 11.1 Å². The molecule has 0 heterocycles. The maximum atomic E-state index is 12.1. The lowest BCUT2D eigenvalue weighted by molar-refractivity contribution is -0.274. The molecule has 1 aromatic carbocycles. The van der Waals surface area contributed by atoms with E-state index in [9.17, 15) is 18.0 Å². The van der Waals surface area contributed by atoms with Gasteiger partial charge in [0.05, 0.1) is 6.61 Å². The highest BCUT2D eigenvalue weighted by molar-refractivity contribution is 14.1. The summed E-state index contributed by atoms with van der Waals surface area (Å²) < 4.78 is 52.7. The first-order valence-corrected chi connectivity index (χ1v) is 7.64. The lowest BCUT2D eigenvalue weighted by atomic mass is 10.1. The fraction of sp³-hybridized carbons (Fsp3) is 0.333. The molecule has 0 atom stereocenters. The summed E-state index contributed by atoms with van der Waals surface area (Å²) in [6.07, 6.45) is -4.76. The fourth-order valence-electron chi connectivity index (χ4n) is 1.29. The Bertz CT molecular complexity index is 542. The van der Waals surface area contributed by atoms with Crippen molar-refractivity contribution in [1.82, 2.24) is 0 Å². The van der Waals surface area contributed by atoms with Gasteiger partial charge >= 0.3 is 12.3 Å². The third-order valence-corrected chi connectivity index (χ3v) is 3.16. The van der Waals surface area contributed by atoms with Gasteiger partial charge in [-0.15, -0.1) is 13.2 Å². The van der Waals surface area contributed by atoms with Gasteiger partial charge in [-0.3, -0.25) is 0 Å². The molecule has 9 heteroatoms. The molecule has 0 amide bonds. The lowest BCUT2D eigenvalue weighted by Crippen LogP contribution is -2.19. The molecule has 116 valence electrons. The summed E-state index contributed by atoms with van der Waals surface area (Å²) in [5, 5.41) is 0. The molecule has 0 radical (unpaired) electrons. The molecule has 1 rings (SSSR count). The zero-order valence-electron chi connectivity index (χ0n) is 11.1. The SMILES string of the molecule is CCOC(=O)/C(=N\I=NC)c1ccc(OC(F)(F)F)cc1. The van der Waals surface area contributed by atoms with Crippen molar-refractivity contribution in [3.8, 4) is 5.75 Å². The molecule has 0 bridgehead atoms. The van der Waals surface area contributed by atoms with Gasteiger partial charge in [-0.1, -0.05) is 0 Å². The van der Waals surface area contributed by atoms with Crippen LogP contribution in [0.25, 0.3) is 0 Å². The van der Waals surface area contributed by atoms with E-state index in [-0.39, 0.29) is 18.1 Å². The molecule has 0 saturated carbocycles. The minimum Gasteiger partial charge on any atom is -0.461 e. The number of alkyl halides is 3. The van der Waals surface area contributed by atoms with E-state index >= 15 is 0 Å². The molecule has 0 aliphatic heterocycles. The summed E-state index contributed by atoms with van der Waals surface area (Å²) in [5.74, 6) is -1.00. The van der Waals surface area contributed by atoms with Crippen molar-refractivity contribution in [3.63, 3.8) is 0 Å². The summed E-state index contributed by atoms with van der Waals surface area (Å²) in [6, 6.07) is 4.85. The van der Waals surface area contributed by atoms with Crippen molar-refractivity contribution in [3.05, 3.63) is 29.8 Å². The number of carbonyl (C=O) groups excluding carboxylic acids is 1. The van der Waals surface area contributed by atoms with E-state index in [1.165, 1.54) is 12.1 Å². The Hall–Kier alpha value is -1.52. The number of hydrogen-bond donors (Lipinski definition) is 0. The normalized spacial score (nSPS) is 12.9. The number of benzene rings is 1. The second kappa shape index (κ2) is 8.05. The van der Waals surface area contributed by atoms with Crippen molar-refractivity contribution in [1.29, 1.82) is 0 Å². The third kappa shape index (κ3) is 6.19. The summed E-state index contributed by atoms with van der Waals surface area (Å²) in [5.41, 5.74) is 0.403. The number of ether oxygens (including phenoxy) is 2. The first kappa shape index (κ1) is 17.5. The Morgan fingerprint density at radius 2 is 1.90 bits per heavy atom. The molecular formula is C12H12F3IN2O3.